The van der Waals surface area contributed by atoms with Crippen LogP contribution < -0.4 is 4.74 Å². The molecule has 3 aromatic rings. The summed E-state index contributed by atoms with van der Waals surface area (Å²) in [5.41, 5.74) is 6.45. The fourth-order valence-corrected chi connectivity index (χ4v) is 3.62. The van der Waals surface area contributed by atoms with Crippen LogP contribution in [-0.4, -0.2) is 29.8 Å². The fourth-order valence-electron chi connectivity index (χ4n) is 3.62. The molecular weight excluding hydrogens is 400 g/mol. The van der Waals surface area contributed by atoms with Crippen molar-refractivity contribution >= 4 is 23.8 Å². The molecule has 0 aliphatic rings. The van der Waals surface area contributed by atoms with Gasteiger partial charge >= 0.3 is 0 Å². The third kappa shape index (κ3) is 5.17. The number of phenolic OH excluding ortho intramolecular Hbond substituents is 2. The number of phenols is 2. The van der Waals surface area contributed by atoms with Crippen molar-refractivity contribution in [2.24, 2.45) is 9.98 Å². The third-order valence-corrected chi connectivity index (χ3v) is 5.36. The number of methoxy groups -OCH3 is 1. The Balaban J connectivity index is 2.02. The number of aromatic hydroxyl groups is 2. The molecule has 0 heterocycles. The highest BCUT2D eigenvalue weighted by atomic mass is 16.5. The number of hydrogen-bond acceptors (Lipinski definition) is 5. The van der Waals surface area contributed by atoms with Crippen molar-refractivity contribution < 1.29 is 14.9 Å². The van der Waals surface area contributed by atoms with E-state index in [9.17, 15) is 10.2 Å². The lowest BCUT2D eigenvalue weighted by Gasteiger charge is -2.09. The highest BCUT2D eigenvalue weighted by Crippen LogP contribution is 2.33. The Labute approximate surface area is 189 Å². The quantitative estimate of drug-likeness (QED) is 0.429. The van der Waals surface area contributed by atoms with E-state index in [1.54, 1.807) is 25.6 Å². The second-order valence-electron chi connectivity index (χ2n) is 7.80. The molecule has 166 valence electrons. The van der Waals surface area contributed by atoms with Crippen molar-refractivity contribution in [1.82, 2.24) is 0 Å². The minimum Gasteiger partial charge on any atom is -0.507 e. The van der Waals surface area contributed by atoms with E-state index < -0.39 is 0 Å². The SMILES string of the molecule is CCc1cc(C)cc(C=Nc2ccc(OC)cc2N=Cc2cc(C)cc(CC)c2O)c1O. The van der Waals surface area contributed by atoms with Crippen molar-refractivity contribution in [2.45, 2.75) is 40.5 Å². The van der Waals surface area contributed by atoms with E-state index in [2.05, 4.69) is 9.98 Å². The first-order valence-corrected chi connectivity index (χ1v) is 10.8. The topological polar surface area (TPSA) is 74.4 Å². The van der Waals surface area contributed by atoms with Gasteiger partial charge in [-0.2, -0.15) is 0 Å². The van der Waals surface area contributed by atoms with Gasteiger partial charge in [-0.15, -0.1) is 0 Å². The van der Waals surface area contributed by atoms with Gasteiger partial charge in [0.1, 0.15) is 17.2 Å². The maximum Gasteiger partial charge on any atom is 0.127 e. The molecule has 0 radical (unpaired) electrons. The number of ether oxygens (including phenoxy) is 1. The van der Waals surface area contributed by atoms with Crippen molar-refractivity contribution in [3.05, 3.63) is 75.8 Å². The van der Waals surface area contributed by atoms with Crippen molar-refractivity contribution in [1.29, 1.82) is 0 Å². The normalized spacial score (nSPS) is 11.5. The highest BCUT2D eigenvalue weighted by Gasteiger charge is 2.09. The van der Waals surface area contributed by atoms with Crippen molar-refractivity contribution in [3.63, 3.8) is 0 Å². The average Bonchev–Trinajstić information content (AvgIpc) is 2.79. The number of benzene rings is 3. The van der Waals surface area contributed by atoms with Gasteiger partial charge in [0.2, 0.25) is 0 Å². The van der Waals surface area contributed by atoms with Gasteiger partial charge in [0.25, 0.3) is 0 Å². The predicted octanol–water partition coefficient (Wildman–Crippen LogP) is 6.35. The summed E-state index contributed by atoms with van der Waals surface area (Å²) in [5, 5.41) is 21.1. The molecule has 3 rings (SSSR count). The molecule has 5 heteroatoms. The van der Waals surface area contributed by atoms with E-state index in [-0.39, 0.29) is 11.5 Å². The first-order valence-electron chi connectivity index (χ1n) is 10.8. The zero-order valence-electron chi connectivity index (χ0n) is 19.3. The number of aliphatic imine (C=N–C) groups is 2. The van der Waals surface area contributed by atoms with Crippen LogP contribution in [0, 0.1) is 13.8 Å². The van der Waals surface area contributed by atoms with Crippen molar-refractivity contribution in [3.8, 4) is 17.2 Å². The van der Waals surface area contributed by atoms with Gasteiger partial charge in [-0.25, -0.2) is 0 Å². The lowest BCUT2D eigenvalue weighted by molar-refractivity contribution is 0.415. The Bertz CT molecular complexity index is 1180. The molecule has 2 N–H and O–H groups in total. The van der Waals surface area contributed by atoms with Crippen LogP contribution in [0.2, 0.25) is 0 Å². The molecule has 0 amide bonds. The summed E-state index contributed by atoms with van der Waals surface area (Å²) in [6.45, 7) is 8.01. The van der Waals surface area contributed by atoms with Crippen LogP contribution in [0.1, 0.15) is 47.2 Å². The molecular formula is C27H30N2O3. The summed E-state index contributed by atoms with van der Waals surface area (Å²) in [6.07, 6.45) is 4.78. The molecule has 0 unspecified atom stereocenters. The summed E-state index contributed by atoms with van der Waals surface area (Å²) in [6, 6.07) is 13.2. The zero-order chi connectivity index (χ0) is 23.3. The molecule has 0 aliphatic heterocycles. The van der Waals surface area contributed by atoms with Crippen LogP contribution in [0.5, 0.6) is 17.2 Å². The average molecular weight is 431 g/mol. The molecule has 0 saturated heterocycles. The molecule has 0 aromatic heterocycles. The van der Waals surface area contributed by atoms with E-state index in [4.69, 9.17) is 4.74 Å². The minimum atomic E-state index is 0.242. The van der Waals surface area contributed by atoms with E-state index in [1.807, 2.05) is 64.1 Å². The van der Waals surface area contributed by atoms with E-state index in [1.165, 1.54) is 0 Å². The summed E-state index contributed by atoms with van der Waals surface area (Å²) >= 11 is 0. The van der Waals surface area contributed by atoms with E-state index in [0.717, 1.165) is 35.1 Å². The zero-order valence-corrected chi connectivity index (χ0v) is 19.3. The van der Waals surface area contributed by atoms with Gasteiger partial charge < -0.3 is 14.9 Å². The van der Waals surface area contributed by atoms with Gasteiger partial charge in [-0.05, 0) is 73.2 Å². The lowest BCUT2D eigenvalue weighted by Crippen LogP contribution is -1.92. The Morgan fingerprint density at radius 2 is 1.25 bits per heavy atom. The second kappa shape index (κ2) is 10.1. The molecule has 0 saturated carbocycles. The Morgan fingerprint density at radius 1 is 0.750 bits per heavy atom. The largest absolute Gasteiger partial charge is 0.507 e. The monoisotopic (exact) mass is 430 g/mol. The van der Waals surface area contributed by atoms with Crippen LogP contribution in [0.15, 0.2) is 52.4 Å². The second-order valence-corrected chi connectivity index (χ2v) is 7.80. The van der Waals surface area contributed by atoms with Crippen molar-refractivity contribution in [2.75, 3.05) is 7.11 Å². The fraction of sp³-hybridized carbons (Fsp3) is 0.259. The van der Waals surface area contributed by atoms with E-state index in [0.29, 0.717) is 28.3 Å². The summed E-state index contributed by atoms with van der Waals surface area (Å²) < 4.78 is 5.35. The molecule has 0 fully saturated rings. The Hall–Kier alpha value is -3.60. The lowest BCUT2D eigenvalue weighted by atomic mass is 10.0. The van der Waals surface area contributed by atoms with Gasteiger partial charge in [-0.3, -0.25) is 9.98 Å². The van der Waals surface area contributed by atoms with Crippen LogP contribution in [0.4, 0.5) is 11.4 Å². The number of rotatable bonds is 7. The summed E-state index contributed by atoms with van der Waals surface area (Å²) in [7, 11) is 1.60. The van der Waals surface area contributed by atoms with Crippen LogP contribution in [-0.2, 0) is 12.8 Å². The standard InChI is InChI=1S/C27H30N2O3/c1-6-19-10-17(3)12-21(26(19)30)15-28-24-9-8-23(32-5)14-25(24)29-16-22-13-18(4)11-20(7-2)27(22)31/h8-16,30-31H,6-7H2,1-5H3. The van der Waals surface area contributed by atoms with Crippen LogP contribution >= 0.6 is 0 Å². The number of aryl methyl sites for hydroxylation is 4. The first kappa shape index (κ1) is 23.1. The predicted molar refractivity (Wildman–Crippen MR) is 132 cm³/mol. The molecule has 32 heavy (non-hydrogen) atoms. The number of hydrogen-bond donors (Lipinski definition) is 2. The maximum atomic E-state index is 10.5. The number of nitrogens with zero attached hydrogens (tertiary/aromatic N) is 2. The minimum absolute atomic E-state index is 0.242. The molecule has 0 aliphatic carbocycles. The summed E-state index contributed by atoms with van der Waals surface area (Å²) in [5.74, 6) is 1.15. The maximum absolute atomic E-state index is 10.5. The Morgan fingerprint density at radius 3 is 1.72 bits per heavy atom. The smallest absolute Gasteiger partial charge is 0.127 e. The molecule has 0 spiro atoms. The van der Waals surface area contributed by atoms with Crippen LogP contribution in [0.3, 0.4) is 0 Å². The molecule has 3 aromatic carbocycles. The van der Waals surface area contributed by atoms with Gasteiger partial charge in [-0.1, -0.05) is 26.0 Å². The third-order valence-electron chi connectivity index (χ3n) is 5.36. The first-order chi connectivity index (χ1) is 15.4. The Kier molecular flexibility index (Phi) is 7.31. The van der Waals surface area contributed by atoms with Gasteiger partial charge in [0.15, 0.2) is 0 Å². The van der Waals surface area contributed by atoms with Gasteiger partial charge in [0, 0.05) is 29.6 Å². The highest BCUT2D eigenvalue weighted by molar-refractivity contribution is 5.90. The van der Waals surface area contributed by atoms with E-state index >= 15 is 0 Å². The molecule has 5 nitrogen and oxygen atoms in total. The summed E-state index contributed by atoms with van der Waals surface area (Å²) in [4.78, 5) is 9.21. The molecule has 0 atom stereocenters. The molecule has 0 bridgehead atoms. The van der Waals surface area contributed by atoms with Gasteiger partial charge in [0.05, 0.1) is 18.5 Å². The van der Waals surface area contributed by atoms with Crippen LogP contribution in [0.25, 0.3) is 0 Å².